The number of hydrogen-bond donors (Lipinski definition) is 2. The molecule has 1 saturated carbocycles. The van der Waals surface area contributed by atoms with Crippen molar-refractivity contribution in [3.8, 4) is 5.88 Å². The number of nitrogens with zero attached hydrogens (tertiary/aromatic N) is 1. The topological polar surface area (TPSA) is 60.2 Å². The van der Waals surface area contributed by atoms with Gasteiger partial charge in [0.15, 0.2) is 0 Å². The third-order valence-corrected chi connectivity index (χ3v) is 2.51. The second-order valence-corrected chi connectivity index (χ2v) is 3.98. The number of nitrogens with one attached hydrogen (secondary N) is 1. The molecule has 0 saturated heterocycles. The van der Waals surface area contributed by atoms with Gasteiger partial charge < -0.3 is 15.8 Å². The minimum atomic E-state index is 0.230. The van der Waals surface area contributed by atoms with Gasteiger partial charge in [0.2, 0.25) is 5.88 Å². The highest BCUT2D eigenvalue weighted by atomic mass is 16.5. The monoisotopic (exact) mass is 193 g/mol. The molecular weight excluding hydrogens is 178 g/mol. The van der Waals surface area contributed by atoms with Crippen LogP contribution in [-0.4, -0.2) is 17.6 Å². The first-order chi connectivity index (χ1) is 6.63. The van der Waals surface area contributed by atoms with Gasteiger partial charge in [-0.1, -0.05) is 0 Å². The Balaban J connectivity index is 2.18. The molecule has 1 aromatic rings. The van der Waals surface area contributed by atoms with E-state index in [2.05, 4.69) is 17.2 Å². The maximum atomic E-state index is 5.66. The van der Waals surface area contributed by atoms with Crippen molar-refractivity contribution < 1.29 is 4.74 Å². The molecule has 0 aromatic carbocycles. The highest BCUT2D eigenvalue weighted by Gasteiger charge is 2.37. The van der Waals surface area contributed by atoms with E-state index in [-0.39, 0.29) is 5.54 Å². The van der Waals surface area contributed by atoms with E-state index < -0.39 is 0 Å². The molecule has 0 unspecified atom stereocenters. The summed E-state index contributed by atoms with van der Waals surface area (Å²) in [5.74, 6) is 1.32. The fraction of sp³-hybridized carbons (Fsp3) is 0.500. The third kappa shape index (κ3) is 1.73. The zero-order valence-corrected chi connectivity index (χ0v) is 8.50. The number of anilines is 2. The summed E-state index contributed by atoms with van der Waals surface area (Å²) in [6.45, 7) is 2.18. The average molecular weight is 193 g/mol. The Morgan fingerprint density at radius 2 is 2.21 bits per heavy atom. The minimum absolute atomic E-state index is 0.230. The molecule has 0 aliphatic heterocycles. The Morgan fingerprint density at radius 3 is 2.79 bits per heavy atom. The Hall–Kier alpha value is -1.45. The molecule has 1 aliphatic rings. The van der Waals surface area contributed by atoms with Gasteiger partial charge in [0.25, 0.3) is 0 Å². The molecular formula is C10H15N3O. The molecule has 1 aromatic heterocycles. The van der Waals surface area contributed by atoms with Crippen molar-refractivity contribution >= 4 is 11.5 Å². The molecule has 2 rings (SSSR count). The van der Waals surface area contributed by atoms with Crippen molar-refractivity contribution in [2.45, 2.75) is 25.3 Å². The number of nitrogen functional groups attached to an aromatic ring is 1. The van der Waals surface area contributed by atoms with Crippen LogP contribution in [0.1, 0.15) is 19.8 Å². The number of aromatic nitrogens is 1. The van der Waals surface area contributed by atoms with Gasteiger partial charge in [-0.05, 0) is 31.9 Å². The highest BCUT2D eigenvalue weighted by Crippen LogP contribution is 2.38. The van der Waals surface area contributed by atoms with Crippen molar-refractivity contribution in [3.63, 3.8) is 0 Å². The minimum Gasteiger partial charge on any atom is -0.479 e. The van der Waals surface area contributed by atoms with E-state index in [1.54, 1.807) is 13.2 Å². The Labute approximate surface area is 83.5 Å². The summed E-state index contributed by atoms with van der Waals surface area (Å²) in [7, 11) is 1.57. The zero-order chi connectivity index (χ0) is 10.2. The van der Waals surface area contributed by atoms with Gasteiger partial charge in [-0.3, -0.25) is 0 Å². The summed E-state index contributed by atoms with van der Waals surface area (Å²) < 4.78 is 5.04. The maximum absolute atomic E-state index is 5.66. The van der Waals surface area contributed by atoms with Crippen LogP contribution in [0.25, 0.3) is 0 Å². The van der Waals surface area contributed by atoms with E-state index >= 15 is 0 Å². The lowest BCUT2D eigenvalue weighted by Crippen LogP contribution is -2.17. The summed E-state index contributed by atoms with van der Waals surface area (Å²) in [5.41, 5.74) is 6.46. The lowest BCUT2D eigenvalue weighted by molar-refractivity contribution is 0.400. The number of rotatable bonds is 3. The van der Waals surface area contributed by atoms with E-state index in [9.17, 15) is 0 Å². The number of pyridine rings is 1. The quantitative estimate of drug-likeness (QED) is 0.766. The van der Waals surface area contributed by atoms with Crippen LogP contribution >= 0.6 is 0 Å². The van der Waals surface area contributed by atoms with Gasteiger partial charge in [-0.25, -0.2) is 0 Å². The lowest BCUT2D eigenvalue weighted by Gasteiger charge is -2.13. The zero-order valence-electron chi connectivity index (χ0n) is 8.50. The number of ether oxygens (including phenoxy) is 1. The SMILES string of the molecule is COc1nc(NC2(C)CC2)ccc1N. The molecule has 1 aliphatic carbocycles. The summed E-state index contributed by atoms with van der Waals surface area (Å²) in [6, 6.07) is 3.68. The molecule has 0 atom stereocenters. The van der Waals surface area contributed by atoms with E-state index in [0.29, 0.717) is 11.6 Å². The summed E-state index contributed by atoms with van der Waals surface area (Å²) in [6.07, 6.45) is 2.39. The van der Waals surface area contributed by atoms with Crippen LogP contribution in [0.3, 0.4) is 0 Å². The summed E-state index contributed by atoms with van der Waals surface area (Å²) in [5, 5.41) is 3.35. The van der Waals surface area contributed by atoms with Gasteiger partial charge >= 0.3 is 0 Å². The fourth-order valence-electron chi connectivity index (χ4n) is 1.31. The summed E-state index contributed by atoms with van der Waals surface area (Å²) >= 11 is 0. The van der Waals surface area contributed by atoms with Crippen LogP contribution in [0.15, 0.2) is 12.1 Å². The molecule has 0 spiro atoms. The van der Waals surface area contributed by atoms with Crippen molar-refractivity contribution in [2.75, 3.05) is 18.2 Å². The van der Waals surface area contributed by atoms with Gasteiger partial charge in [-0.15, -0.1) is 0 Å². The Morgan fingerprint density at radius 1 is 1.50 bits per heavy atom. The molecule has 0 bridgehead atoms. The second kappa shape index (κ2) is 3.04. The third-order valence-electron chi connectivity index (χ3n) is 2.51. The average Bonchev–Trinajstić information content (AvgIpc) is 2.87. The van der Waals surface area contributed by atoms with Crippen molar-refractivity contribution in [2.24, 2.45) is 0 Å². The van der Waals surface area contributed by atoms with Crippen LogP contribution in [0.2, 0.25) is 0 Å². The van der Waals surface area contributed by atoms with E-state index in [1.165, 1.54) is 12.8 Å². The van der Waals surface area contributed by atoms with Crippen LogP contribution in [0.4, 0.5) is 11.5 Å². The maximum Gasteiger partial charge on any atom is 0.238 e. The normalized spacial score (nSPS) is 17.6. The standard InChI is InChI=1S/C10H15N3O/c1-10(5-6-10)13-8-4-3-7(11)9(12-8)14-2/h3-4H,5-6,11H2,1-2H3,(H,12,13). The molecule has 1 fully saturated rings. The fourth-order valence-corrected chi connectivity index (χ4v) is 1.31. The Kier molecular flexibility index (Phi) is 1.98. The predicted molar refractivity (Wildman–Crippen MR) is 56.5 cm³/mol. The largest absolute Gasteiger partial charge is 0.479 e. The molecule has 4 nitrogen and oxygen atoms in total. The smallest absolute Gasteiger partial charge is 0.238 e. The van der Waals surface area contributed by atoms with Gasteiger partial charge in [-0.2, -0.15) is 4.98 Å². The van der Waals surface area contributed by atoms with E-state index in [0.717, 1.165) is 5.82 Å². The molecule has 0 amide bonds. The molecule has 1 heterocycles. The van der Waals surface area contributed by atoms with Gasteiger partial charge in [0.1, 0.15) is 5.82 Å². The molecule has 4 heteroatoms. The van der Waals surface area contributed by atoms with E-state index in [4.69, 9.17) is 10.5 Å². The van der Waals surface area contributed by atoms with Crippen LogP contribution < -0.4 is 15.8 Å². The van der Waals surface area contributed by atoms with Gasteiger partial charge in [0.05, 0.1) is 12.8 Å². The number of methoxy groups -OCH3 is 1. The molecule has 76 valence electrons. The number of hydrogen-bond acceptors (Lipinski definition) is 4. The number of nitrogens with two attached hydrogens (primary N) is 1. The van der Waals surface area contributed by atoms with Crippen LogP contribution in [0, 0.1) is 0 Å². The molecule has 14 heavy (non-hydrogen) atoms. The van der Waals surface area contributed by atoms with Crippen LogP contribution in [0.5, 0.6) is 5.88 Å². The lowest BCUT2D eigenvalue weighted by atomic mass is 10.3. The first kappa shape index (κ1) is 9.12. The van der Waals surface area contributed by atoms with E-state index in [1.807, 2.05) is 6.07 Å². The van der Waals surface area contributed by atoms with Crippen molar-refractivity contribution in [1.82, 2.24) is 4.98 Å². The predicted octanol–water partition coefficient (Wildman–Crippen LogP) is 1.64. The first-order valence-electron chi connectivity index (χ1n) is 4.72. The highest BCUT2D eigenvalue weighted by molar-refractivity contribution is 5.54. The molecule has 0 radical (unpaired) electrons. The van der Waals surface area contributed by atoms with Gasteiger partial charge in [0, 0.05) is 5.54 Å². The first-order valence-corrected chi connectivity index (χ1v) is 4.72. The summed E-state index contributed by atoms with van der Waals surface area (Å²) in [4.78, 5) is 4.26. The van der Waals surface area contributed by atoms with Crippen LogP contribution in [-0.2, 0) is 0 Å². The Bertz CT molecular complexity index is 347. The molecule has 3 N–H and O–H groups in total. The van der Waals surface area contributed by atoms with Crippen molar-refractivity contribution in [3.05, 3.63) is 12.1 Å². The van der Waals surface area contributed by atoms with Crippen molar-refractivity contribution in [1.29, 1.82) is 0 Å². The second-order valence-electron chi connectivity index (χ2n) is 3.98.